The number of ether oxygens (including phenoxy) is 1. The van der Waals surface area contributed by atoms with E-state index in [1.165, 1.54) is 4.90 Å². The van der Waals surface area contributed by atoms with E-state index >= 15 is 0 Å². The molecule has 1 amide bonds. The Kier molecular flexibility index (Phi) is 4.08. The van der Waals surface area contributed by atoms with Crippen LogP contribution in [-0.4, -0.2) is 50.9 Å². The molecule has 1 fully saturated rings. The van der Waals surface area contributed by atoms with Crippen molar-refractivity contribution in [1.82, 2.24) is 14.7 Å². The zero-order chi connectivity index (χ0) is 14.9. The van der Waals surface area contributed by atoms with Crippen molar-refractivity contribution in [1.29, 1.82) is 0 Å². The Bertz CT molecular complexity index is 509. The molecule has 7 heteroatoms. The van der Waals surface area contributed by atoms with E-state index < -0.39 is 18.1 Å². The first-order chi connectivity index (χ1) is 9.45. The van der Waals surface area contributed by atoms with Gasteiger partial charge in [0.05, 0.1) is 12.2 Å². The Morgan fingerprint density at radius 2 is 2.30 bits per heavy atom. The molecule has 1 aliphatic heterocycles. The van der Waals surface area contributed by atoms with Crippen LogP contribution in [0, 0.1) is 0 Å². The minimum atomic E-state index is -1.07. The van der Waals surface area contributed by atoms with Crippen molar-refractivity contribution in [3.8, 4) is 0 Å². The van der Waals surface area contributed by atoms with Crippen molar-refractivity contribution in [3.63, 3.8) is 0 Å². The van der Waals surface area contributed by atoms with E-state index in [1.54, 1.807) is 17.1 Å². The molecule has 2 rings (SSSR count). The SMILES string of the molecule is CCN1C(=O)COC(C(=O)O)C1c1cnn(C(C)C)c1. The lowest BCUT2D eigenvalue weighted by atomic mass is 10.0. The summed E-state index contributed by atoms with van der Waals surface area (Å²) >= 11 is 0. The van der Waals surface area contributed by atoms with Crippen LogP contribution in [0.5, 0.6) is 0 Å². The summed E-state index contributed by atoms with van der Waals surface area (Å²) < 4.78 is 6.93. The summed E-state index contributed by atoms with van der Waals surface area (Å²) in [5.74, 6) is -1.27. The predicted octanol–water partition coefficient (Wildman–Crippen LogP) is 0.837. The van der Waals surface area contributed by atoms with Crippen LogP contribution in [0.15, 0.2) is 12.4 Å². The number of carbonyl (C=O) groups excluding carboxylic acids is 1. The average molecular weight is 281 g/mol. The number of nitrogens with zero attached hydrogens (tertiary/aromatic N) is 3. The van der Waals surface area contributed by atoms with Crippen molar-refractivity contribution in [2.75, 3.05) is 13.2 Å². The molecule has 2 unspecified atom stereocenters. The third-order valence-corrected chi connectivity index (χ3v) is 3.41. The molecule has 1 aromatic heterocycles. The van der Waals surface area contributed by atoms with Crippen LogP contribution >= 0.6 is 0 Å². The van der Waals surface area contributed by atoms with Gasteiger partial charge < -0.3 is 14.7 Å². The lowest BCUT2D eigenvalue weighted by Crippen LogP contribution is -2.51. The maximum atomic E-state index is 11.9. The van der Waals surface area contributed by atoms with Crippen LogP contribution in [0.3, 0.4) is 0 Å². The van der Waals surface area contributed by atoms with Crippen LogP contribution in [-0.2, 0) is 14.3 Å². The van der Waals surface area contributed by atoms with Gasteiger partial charge in [0, 0.05) is 24.3 Å². The highest BCUT2D eigenvalue weighted by atomic mass is 16.5. The monoisotopic (exact) mass is 281 g/mol. The molecule has 0 spiro atoms. The Labute approximate surface area is 117 Å². The molecule has 2 heterocycles. The lowest BCUT2D eigenvalue weighted by molar-refractivity contribution is -0.172. The van der Waals surface area contributed by atoms with Gasteiger partial charge in [0.25, 0.3) is 0 Å². The summed E-state index contributed by atoms with van der Waals surface area (Å²) in [6.07, 6.45) is 2.32. The Balaban J connectivity index is 2.38. The van der Waals surface area contributed by atoms with Gasteiger partial charge in [0.2, 0.25) is 5.91 Å². The molecule has 0 saturated carbocycles. The molecule has 1 aromatic rings. The van der Waals surface area contributed by atoms with Crippen molar-refractivity contribution < 1.29 is 19.4 Å². The number of carboxylic acid groups (broad SMARTS) is 1. The summed E-state index contributed by atoms with van der Waals surface area (Å²) in [4.78, 5) is 24.8. The second-order valence-electron chi connectivity index (χ2n) is 5.04. The molecule has 1 aliphatic rings. The van der Waals surface area contributed by atoms with Crippen LogP contribution < -0.4 is 0 Å². The number of morpholine rings is 1. The van der Waals surface area contributed by atoms with Crippen LogP contribution in [0.4, 0.5) is 0 Å². The van der Waals surface area contributed by atoms with Crippen LogP contribution in [0.25, 0.3) is 0 Å². The normalized spacial score (nSPS) is 23.4. The van der Waals surface area contributed by atoms with E-state index in [-0.39, 0.29) is 18.6 Å². The van der Waals surface area contributed by atoms with E-state index in [0.717, 1.165) is 0 Å². The predicted molar refractivity (Wildman–Crippen MR) is 70.1 cm³/mol. The molecular formula is C13H19N3O4. The second kappa shape index (κ2) is 5.62. The third kappa shape index (κ3) is 2.53. The third-order valence-electron chi connectivity index (χ3n) is 3.41. The van der Waals surface area contributed by atoms with Gasteiger partial charge in [-0.1, -0.05) is 0 Å². The maximum Gasteiger partial charge on any atom is 0.335 e. The van der Waals surface area contributed by atoms with Gasteiger partial charge >= 0.3 is 5.97 Å². The first kappa shape index (κ1) is 14.5. The highest BCUT2D eigenvalue weighted by molar-refractivity contribution is 5.82. The van der Waals surface area contributed by atoms with Gasteiger partial charge in [-0.2, -0.15) is 5.10 Å². The highest BCUT2D eigenvalue weighted by Crippen LogP contribution is 2.30. The average Bonchev–Trinajstić information content (AvgIpc) is 2.87. The zero-order valence-corrected chi connectivity index (χ0v) is 11.8. The van der Waals surface area contributed by atoms with E-state index in [1.807, 2.05) is 20.8 Å². The van der Waals surface area contributed by atoms with E-state index in [9.17, 15) is 14.7 Å². The molecule has 2 atom stereocenters. The Morgan fingerprint density at radius 1 is 1.60 bits per heavy atom. The van der Waals surface area contributed by atoms with E-state index in [0.29, 0.717) is 12.1 Å². The number of rotatable bonds is 4. The number of amides is 1. The summed E-state index contributed by atoms with van der Waals surface area (Å²) in [6, 6.07) is -0.464. The Hall–Kier alpha value is -1.89. The summed E-state index contributed by atoms with van der Waals surface area (Å²) in [7, 11) is 0. The van der Waals surface area contributed by atoms with Gasteiger partial charge in [0.15, 0.2) is 6.10 Å². The summed E-state index contributed by atoms with van der Waals surface area (Å²) in [5, 5.41) is 13.5. The Morgan fingerprint density at radius 3 is 2.80 bits per heavy atom. The minimum absolute atomic E-state index is 0.169. The number of carboxylic acids is 1. The fourth-order valence-electron chi connectivity index (χ4n) is 2.38. The molecule has 0 radical (unpaired) electrons. The smallest absolute Gasteiger partial charge is 0.335 e. The van der Waals surface area contributed by atoms with Crippen LogP contribution in [0.2, 0.25) is 0 Å². The molecular weight excluding hydrogens is 262 g/mol. The number of aliphatic carboxylic acids is 1. The number of likely N-dealkylation sites (N-methyl/N-ethyl adjacent to an activating group) is 1. The van der Waals surface area contributed by atoms with Gasteiger partial charge in [0.1, 0.15) is 6.61 Å². The second-order valence-corrected chi connectivity index (χ2v) is 5.04. The minimum Gasteiger partial charge on any atom is -0.479 e. The number of hydrogen-bond acceptors (Lipinski definition) is 4. The van der Waals surface area contributed by atoms with Gasteiger partial charge in [-0.05, 0) is 20.8 Å². The maximum absolute atomic E-state index is 11.9. The zero-order valence-electron chi connectivity index (χ0n) is 11.8. The highest BCUT2D eigenvalue weighted by Gasteiger charge is 2.41. The van der Waals surface area contributed by atoms with Crippen LogP contribution in [0.1, 0.15) is 38.4 Å². The topological polar surface area (TPSA) is 84.7 Å². The molecule has 1 N–H and O–H groups in total. The molecule has 0 aromatic carbocycles. The van der Waals surface area contributed by atoms with Crippen molar-refractivity contribution in [2.24, 2.45) is 0 Å². The molecule has 0 aliphatic carbocycles. The fourth-order valence-corrected chi connectivity index (χ4v) is 2.38. The molecule has 20 heavy (non-hydrogen) atoms. The lowest BCUT2D eigenvalue weighted by Gasteiger charge is -2.38. The first-order valence-corrected chi connectivity index (χ1v) is 6.63. The van der Waals surface area contributed by atoms with Crippen molar-refractivity contribution in [2.45, 2.75) is 39.0 Å². The van der Waals surface area contributed by atoms with E-state index in [2.05, 4.69) is 5.10 Å². The quantitative estimate of drug-likeness (QED) is 0.884. The van der Waals surface area contributed by atoms with Crippen molar-refractivity contribution >= 4 is 11.9 Å². The molecule has 110 valence electrons. The standard InChI is InChI=1S/C13H19N3O4/c1-4-15-10(17)7-20-12(13(18)19)11(15)9-5-14-16(6-9)8(2)3/h5-6,8,11-12H,4,7H2,1-3H3,(H,18,19). The first-order valence-electron chi connectivity index (χ1n) is 6.63. The van der Waals surface area contributed by atoms with Gasteiger partial charge in [-0.3, -0.25) is 9.48 Å². The molecule has 7 nitrogen and oxygen atoms in total. The summed E-state index contributed by atoms with van der Waals surface area (Å²) in [6.45, 7) is 6.02. The molecule has 1 saturated heterocycles. The van der Waals surface area contributed by atoms with E-state index in [4.69, 9.17) is 4.74 Å². The van der Waals surface area contributed by atoms with Gasteiger partial charge in [-0.15, -0.1) is 0 Å². The largest absolute Gasteiger partial charge is 0.479 e. The van der Waals surface area contributed by atoms with Gasteiger partial charge in [-0.25, -0.2) is 4.79 Å². The number of hydrogen-bond donors (Lipinski definition) is 1. The van der Waals surface area contributed by atoms with Crippen molar-refractivity contribution in [3.05, 3.63) is 18.0 Å². The number of aromatic nitrogens is 2. The fraction of sp³-hybridized carbons (Fsp3) is 0.615. The molecule has 0 bridgehead atoms. The summed E-state index contributed by atoms with van der Waals surface area (Å²) in [5.41, 5.74) is 0.681. The number of carbonyl (C=O) groups is 2.